The zero-order chi connectivity index (χ0) is 15.1. The van der Waals surface area contributed by atoms with Crippen LogP contribution >= 0.6 is 0 Å². The number of nitrogens with zero attached hydrogens (tertiary/aromatic N) is 1. The molecule has 1 aliphatic rings. The minimum absolute atomic E-state index is 0.196. The van der Waals surface area contributed by atoms with Crippen molar-refractivity contribution in [2.24, 2.45) is 5.92 Å². The summed E-state index contributed by atoms with van der Waals surface area (Å²) < 4.78 is 5.61. The maximum atomic E-state index is 12.0. The molecule has 1 unspecified atom stereocenters. The summed E-state index contributed by atoms with van der Waals surface area (Å²) in [6.07, 6.45) is 4.23. The summed E-state index contributed by atoms with van der Waals surface area (Å²) in [5, 5.41) is 5.44. The molecule has 1 atom stereocenters. The van der Waals surface area contributed by atoms with Crippen LogP contribution in [0.4, 0.5) is 0 Å². The first kappa shape index (κ1) is 15.3. The molecule has 114 valence electrons. The second-order valence-corrected chi connectivity index (χ2v) is 5.02. The fourth-order valence-electron chi connectivity index (χ4n) is 2.15. The van der Waals surface area contributed by atoms with E-state index in [9.17, 15) is 9.59 Å². The number of carbonyl (C=O) groups excluding carboxylic acids is 2. The monoisotopic (exact) mass is 291 g/mol. The van der Waals surface area contributed by atoms with Crippen LogP contribution in [0.1, 0.15) is 31.7 Å². The predicted molar refractivity (Wildman–Crippen MR) is 77.6 cm³/mol. The second kappa shape index (κ2) is 7.61. The SMILES string of the molecule is CCCCOc1ncccc1CNC(=O)C1CCNC1=O. The van der Waals surface area contributed by atoms with Crippen molar-refractivity contribution in [1.82, 2.24) is 15.6 Å². The zero-order valence-electron chi connectivity index (χ0n) is 12.2. The fourth-order valence-corrected chi connectivity index (χ4v) is 2.15. The van der Waals surface area contributed by atoms with Crippen molar-refractivity contribution in [3.05, 3.63) is 23.9 Å². The highest BCUT2D eigenvalue weighted by atomic mass is 16.5. The minimum Gasteiger partial charge on any atom is -0.477 e. The van der Waals surface area contributed by atoms with Crippen molar-refractivity contribution < 1.29 is 14.3 Å². The number of nitrogens with one attached hydrogen (secondary N) is 2. The normalized spacial score (nSPS) is 17.4. The number of aromatic nitrogens is 1. The zero-order valence-corrected chi connectivity index (χ0v) is 12.2. The molecule has 6 heteroatoms. The van der Waals surface area contributed by atoms with Crippen LogP contribution in [0.2, 0.25) is 0 Å². The van der Waals surface area contributed by atoms with E-state index < -0.39 is 5.92 Å². The Labute approximate surface area is 124 Å². The molecule has 1 fully saturated rings. The van der Waals surface area contributed by atoms with Crippen LogP contribution in [-0.2, 0) is 16.1 Å². The molecule has 1 aliphatic heterocycles. The number of ether oxygens (including phenoxy) is 1. The second-order valence-electron chi connectivity index (χ2n) is 5.02. The van der Waals surface area contributed by atoms with Gasteiger partial charge in [0.1, 0.15) is 5.92 Å². The van der Waals surface area contributed by atoms with E-state index in [2.05, 4.69) is 22.5 Å². The number of rotatable bonds is 7. The summed E-state index contributed by atoms with van der Waals surface area (Å²) in [4.78, 5) is 27.6. The molecule has 2 heterocycles. The lowest BCUT2D eigenvalue weighted by molar-refractivity contribution is -0.133. The van der Waals surface area contributed by atoms with Gasteiger partial charge in [-0.3, -0.25) is 9.59 Å². The van der Waals surface area contributed by atoms with E-state index in [1.807, 2.05) is 6.07 Å². The van der Waals surface area contributed by atoms with Gasteiger partial charge in [0.25, 0.3) is 0 Å². The lowest BCUT2D eigenvalue weighted by atomic mass is 10.1. The first-order chi connectivity index (χ1) is 10.2. The van der Waals surface area contributed by atoms with Crippen molar-refractivity contribution >= 4 is 11.8 Å². The molecule has 2 N–H and O–H groups in total. The van der Waals surface area contributed by atoms with Gasteiger partial charge in [-0.05, 0) is 18.9 Å². The molecule has 1 aromatic rings. The number of hydrogen-bond acceptors (Lipinski definition) is 4. The van der Waals surface area contributed by atoms with Gasteiger partial charge in [-0.2, -0.15) is 0 Å². The van der Waals surface area contributed by atoms with E-state index in [0.29, 0.717) is 32.0 Å². The Morgan fingerprint density at radius 3 is 3.14 bits per heavy atom. The Bertz CT molecular complexity index is 505. The van der Waals surface area contributed by atoms with Crippen molar-refractivity contribution in [2.45, 2.75) is 32.7 Å². The summed E-state index contributed by atoms with van der Waals surface area (Å²) in [6.45, 7) is 3.59. The van der Waals surface area contributed by atoms with Crippen LogP contribution < -0.4 is 15.4 Å². The van der Waals surface area contributed by atoms with E-state index in [1.54, 1.807) is 12.3 Å². The quantitative estimate of drug-likeness (QED) is 0.580. The molecule has 0 aliphatic carbocycles. The summed E-state index contributed by atoms with van der Waals surface area (Å²) in [7, 11) is 0. The Kier molecular flexibility index (Phi) is 5.54. The third-order valence-corrected chi connectivity index (χ3v) is 3.40. The smallest absolute Gasteiger partial charge is 0.232 e. The van der Waals surface area contributed by atoms with E-state index in [-0.39, 0.29) is 11.8 Å². The third kappa shape index (κ3) is 4.18. The molecule has 1 saturated heterocycles. The Morgan fingerprint density at radius 2 is 2.43 bits per heavy atom. The highest BCUT2D eigenvalue weighted by Gasteiger charge is 2.30. The molecule has 1 aromatic heterocycles. The first-order valence-corrected chi connectivity index (χ1v) is 7.34. The van der Waals surface area contributed by atoms with Crippen molar-refractivity contribution in [3.8, 4) is 5.88 Å². The maximum Gasteiger partial charge on any atom is 0.232 e. The summed E-state index contributed by atoms with van der Waals surface area (Å²) in [6, 6.07) is 3.67. The molecular formula is C15H21N3O3. The minimum atomic E-state index is -0.578. The van der Waals surface area contributed by atoms with Crippen LogP contribution in [0.25, 0.3) is 0 Å². The molecular weight excluding hydrogens is 270 g/mol. The van der Waals surface area contributed by atoms with Crippen LogP contribution in [0.5, 0.6) is 5.88 Å². The molecule has 0 radical (unpaired) electrons. The average molecular weight is 291 g/mol. The molecule has 2 amide bonds. The van der Waals surface area contributed by atoms with E-state index in [0.717, 1.165) is 18.4 Å². The maximum absolute atomic E-state index is 12.0. The number of unbranched alkanes of at least 4 members (excludes halogenated alkanes) is 1. The number of amides is 2. The highest BCUT2D eigenvalue weighted by molar-refractivity contribution is 6.01. The van der Waals surface area contributed by atoms with Gasteiger partial charge in [-0.15, -0.1) is 0 Å². The molecule has 0 bridgehead atoms. The summed E-state index contributed by atoms with van der Waals surface area (Å²) in [5.41, 5.74) is 0.820. The predicted octanol–water partition coefficient (Wildman–Crippen LogP) is 1.01. The van der Waals surface area contributed by atoms with Crippen molar-refractivity contribution in [3.63, 3.8) is 0 Å². The van der Waals surface area contributed by atoms with Crippen molar-refractivity contribution in [1.29, 1.82) is 0 Å². The van der Waals surface area contributed by atoms with Gasteiger partial charge in [-0.1, -0.05) is 19.4 Å². The van der Waals surface area contributed by atoms with Gasteiger partial charge in [0.2, 0.25) is 17.7 Å². The molecule has 21 heavy (non-hydrogen) atoms. The van der Waals surface area contributed by atoms with Crippen molar-refractivity contribution in [2.75, 3.05) is 13.2 Å². The number of carbonyl (C=O) groups is 2. The summed E-state index contributed by atoms with van der Waals surface area (Å²) in [5.74, 6) is -0.472. The molecule has 0 saturated carbocycles. The average Bonchev–Trinajstić information content (AvgIpc) is 2.92. The van der Waals surface area contributed by atoms with Gasteiger partial charge in [0, 0.05) is 24.8 Å². The first-order valence-electron chi connectivity index (χ1n) is 7.34. The molecule has 0 spiro atoms. The largest absolute Gasteiger partial charge is 0.477 e. The Balaban J connectivity index is 1.90. The van der Waals surface area contributed by atoms with Crippen LogP contribution in [0.3, 0.4) is 0 Å². The van der Waals surface area contributed by atoms with Gasteiger partial charge in [0.15, 0.2) is 0 Å². The highest BCUT2D eigenvalue weighted by Crippen LogP contribution is 2.15. The van der Waals surface area contributed by atoms with E-state index in [1.165, 1.54) is 0 Å². The van der Waals surface area contributed by atoms with Gasteiger partial charge in [-0.25, -0.2) is 4.98 Å². The topological polar surface area (TPSA) is 80.3 Å². The molecule has 6 nitrogen and oxygen atoms in total. The molecule has 2 rings (SSSR count). The van der Waals surface area contributed by atoms with E-state index >= 15 is 0 Å². The van der Waals surface area contributed by atoms with Gasteiger partial charge < -0.3 is 15.4 Å². The van der Waals surface area contributed by atoms with Gasteiger partial charge in [0.05, 0.1) is 6.61 Å². The molecule has 0 aromatic carbocycles. The van der Waals surface area contributed by atoms with Crippen LogP contribution in [0, 0.1) is 5.92 Å². The Morgan fingerprint density at radius 1 is 1.57 bits per heavy atom. The Hall–Kier alpha value is -2.11. The van der Waals surface area contributed by atoms with Crippen LogP contribution in [-0.4, -0.2) is 29.9 Å². The standard InChI is InChI=1S/C15H21N3O3/c1-2-3-9-21-15-11(5-4-7-17-15)10-18-14(20)12-6-8-16-13(12)19/h4-5,7,12H,2-3,6,8-10H2,1H3,(H,16,19)(H,18,20). The van der Waals surface area contributed by atoms with E-state index in [4.69, 9.17) is 4.74 Å². The summed E-state index contributed by atoms with van der Waals surface area (Å²) >= 11 is 0. The lowest BCUT2D eigenvalue weighted by Crippen LogP contribution is -2.34. The number of hydrogen-bond donors (Lipinski definition) is 2. The fraction of sp³-hybridized carbons (Fsp3) is 0.533. The van der Waals surface area contributed by atoms with Crippen LogP contribution in [0.15, 0.2) is 18.3 Å². The number of pyridine rings is 1. The lowest BCUT2D eigenvalue weighted by Gasteiger charge is -2.12. The third-order valence-electron chi connectivity index (χ3n) is 3.40. The van der Waals surface area contributed by atoms with Gasteiger partial charge >= 0.3 is 0 Å².